The van der Waals surface area contributed by atoms with Crippen LogP contribution >= 0.6 is 11.6 Å². The van der Waals surface area contributed by atoms with Crippen molar-refractivity contribution in [1.29, 1.82) is 0 Å². The first-order valence-corrected chi connectivity index (χ1v) is 7.28. The van der Waals surface area contributed by atoms with Gasteiger partial charge in [-0.25, -0.2) is 0 Å². The van der Waals surface area contributed by atoms with Crippen LogP contribution in [0.25, 0.3) is 0 Å². The van der Waals surface area contributed by atoms with Crippen LogP contribution in [0, 0.1) is 6.92 Å². The van der Waals surface area contributed by atoms with Crippen molar-refractivity contribution in [3.8, 4) is 0 Å². The van der Waals surface area contributed by atoms with Gasteiger partial charge in [0, 0.05) is 30.9 Å². The Morgan fingerprint density at radius 2 is 2.15 bits per heavy atom. The van der Waals surface area contributed by atoms with Crippen molar-refractivity contribution >= 4 is 11.6 Å². The molecule has 0 saturated carbocycles. The van der Waals surface area contributed by atoms with Gasteiger partial charge in [0.2, 0.25) is 0 Å². The smallest absolute Gasteiger partial charge is 0.0863 e. The number of aliphatic hydroxyl groups excluding tert-OH is 1. The van der Waals surface area contributed by atoms with Gasteiger partial charge in [0.05, 0.1) is 22.5 Å². The highest BCUT2D eigenvalue weighted by molar-refractivity contribution is 6.31. The molecule has 0 aliphatic carbocycles. The summed E-state index contributed by atoms with van der Waals surface area (Å²) in [6.07, 6.45) is 4.06. The molecule has 0 radical (unpaired) electrons. The van der Waals surface area contributed by atoms with E-state index < -0.39 is 6.10 Å². The molecule has 0 aliphatic rings. The summed E-state index contributed by atoms with van der Waals surface area (Å²) in [5.74, 6) is 0. The number of aryl methyl sites for hydroxylation is 3. The predicted molar refractivity (Wildman–Crippen MR) is 79.9 cm³/mol. The Morgan fingerprint density at radius 3 is 2.75 bits per heavy atom. The van der Waals surface area contributed by atoms with Gasteiger partial charge in [-0.05, 0) is 31.9 Å². The Hall–Kier alpha value is -1.39. The van der Waals surface area contributed by atoms with Crippen LogP contribution < -0.4 is 0 Å². The van der Waals surface area contributed by atoms with Gasteiger partial charge in [-0.3, -0.25) is 9.67 Å². The molecule has 2 rings (SSSR count). The highest BCUT2D eigenvalue weighted by atomic mass is 35.5. The minimum Gasteiger partial charge on any atom is -0.388 e. The third kappa shape index (κ3) is 2.86. The normalized spacial score (nSPS) is 12.7. The standard InChI is InChI=1S/C15H20ClN3O/c1-4-12-15(16)13(19(5-2)18-12)8-14(20)11-9-17-7-6-10(11)3/h6-7,9,14,20H,4-5,8H2,1-3H3. The second-order valence-corrected chi connectivity index (χ2v) is 5.21. The molecular weight excluding hydrogens is 274 g/mol. The molecule has 1 N–H and O–H groups in total. The molecule has 0 saturated heterocycles. The zero-order valence-corrected chi connectivity index (χ0v) is 12.9. The van der Waals surface area contributed by atoms with Gasteiger partial charge in [-0.1, -0.05) is 18.5 Å². The second kappa shape index (κ2) is 6.37. The number of nitrogens with zero attached hydrogens (tertiary/aromatic N) is 3. The number of halogens is 1. The van der Waals surface area contributed by atoms with Crippen molar-refractivity contribution in [2.75, 3.05) is 0 Å². The highest BCUT2D eigenvalue weighted by Crippen LogP contribution is 2.27. The molecule has 4 nitrogen and oxygen atoms in total. The van der Waals surface area contributed by atoms with E-state index in [0.717, 1.165) is 35.5 Å². The van der Waals surface area contributed by atoms with Crippen LogP contribution in [0.5, 0.6) is 0 Å². The molecular formula is C15H20ClN3O. The quantitative estimate of drug-likeness (QED) is 0.921. The van der Waals surface area contributed by atoms with Gasteiger partial charge in [0.15, 0.2) is 0 Å². The van der Waals surface area contributed by atoms with Crippen LogP contribution in [0.2, 0.25) is 5.02 Å². The summed E-state index contributed by atoms with van der Waals surface area (Å²) in [5.41, 5.74) is 3.65. The lowest BCUT2D eigenvalue weighted by Crippen LogP contribution is -2.10. The Kier molecular flexibility index (Phi) is 4.78. The maximum atomic E-state index is 10.4. The first kappa shape index (κ1) is 15.0. The van der Waals surface area contributed by atoms with Crippen molar-refractivity contribution in [2.45, 2.75) is 46.3 Å². The summed E-state index contributed by atoms with van der Waals surface area (Å²) in [4.78, 5) is 4.08. The number of aromatic nitrogens is 3. The summed E-state index contributed by atoms with van der Waals surface area (Å²) < 4.78 is 1.87. The second-order valence-electron chi connectivity index (χ2n) is 4.83. The predicted octanol–water partition coefficient (Wildman–Crippen LogP) is 3.10. The van der Waals surface area contributed by atoms with Crippen LogP contribution in [0.15, 0.2) is 18.5 Å². The first-order valence-electron chi connectivity index (χ1n) is 6.91. The zero-order valence-electron chi connectivity index (χ0n) is 12.1. The molecule has 0 aromatic carbocycles. The number of aliphatic hydroxyl groups is 1. The van der Waals surface area contributed by atoms with E-state index in [1.54, 1.807) is 12.4 Å². The molecule has 2 heterocycles. The number of pyridine rings is 1. The Balaban J connectivity index is 2.30. The SMILES string of the molecule is CCc1nn(CC)c(CC(O)c2cnccc2C)c1Cl. The van der Waals surface area contributed by atoms with Gasteiger partial charge in [0.25, 0.3) is 0 Å². The summed E-state index contributed by atoms with van der Waals surface area (Å²) in [7, 11) is 0. The maximum absolute atomic E-state index is 10.4. The fourth-order valence-electron chi connectivity index (χ4n) is 2.33. The summed E-state index contributed by atoms with van der Waals surface area (Å²) in [6, 6.07) is 1.90. The Morgan fingerprint density at radius 1 is 1.40 bits per heavy atom. The highest BCUT2D eigenvalue weighted by Gasteiger charge is 2.19. The average Bonchev–Trinajstić information content (AvgIpc) is 2.75. The third-order valence-electron chi connectivity index (χ3n) is 3.52. The Labute approximate surface area is 124 Å². The fraction of sp³-hybridized carbons (Fsp3) is 0.467. The van der Waals surface area contributed by atoms with Crippen LogP contribution in [-0.4, -0.2) is 19.9 Å². The lowest BCUT2D eigenvalue weighted by molar-refractivity contribution is 0.174. The van der Waals surface area contributed by atoms with E-state index in [2.05, 4.69) is 10.1 Å². The number of hydrogen-bond donors (Lipinski definition) is 1. The van der Waals surface area contributed by atoms with E-state index in [4.69, 9.17) is 11.6 Å². The van der Waals surface area contributed by atoms with Crippen molar-refractivity contribution < 1.29 is 5.11 Å². The number of rotatable bonds is 5. The monoisotopic (exact) mass is 293 g/mol. The van der Waals surface area contributed by atoms with Crippen LogP contribution in [-0.2, 0) is 19.4 Å². The maximum Gasteiger partial charge on any atom is 0.0863 e. The molecule has 20 heavy (non-hydrogen) atoms. The van der Waals surface area contributed by atoms with Crippen molar-refractivity contribution in [2.24, 2.45) is 0 Å². The molecule has 2 aromatic heterocycles. The van der Waals surface area contributed by atoms with Gasteiger partial charge >= 0.3 is 0 Å². The zero-order chi connectivity index (χ0) is 14.7. The third-order valence-corrected chi connectivity index (χ3v) is 3.96. The molecule has 0 aliphatic heterocycles. The van der Waals surface area contributed by atoms with Crippen LogP contribution in [0.4, 0.5) is 0 Å². The molecule has 2 aromatic rings. The van der Waals surface area contributed by atoms with Gasteiger partial charge in [-0.2, -0.15) is 5.10 Å². The summed E-state index contributed by atoms with van der Waals surface area (Å²) in [5, 5.41) is 15.6. The summed E-state index contributed by atoms with van der Waals surface area (Å²) in [6.45, 7) is 6.76. The number of hydrogen-bond acceptors (Lipinski definition) is 3. The molecule has 0 amide bonds. The van der Waals surface area contributed by atoms with E-state index in [1.807, 2.05) is 31.5 Å². The topological polar surface area (TPSA) is 50.9 Å². The minimum absolute atomic E-state index is 0.451. The van der Waals surface area contributed by atoms with Crippen LogP contribution in [0.3, 0.4) is 0 Å². The molecule has 5 heteroatoms. The summed E-state index contributed by atoms with van der Waals surface area (Å²) >= 11 is 6.37. The fourth-order valence-corrected chi connectivity index (χ4v) is 2.68. The molecule has 0 bridgehead atoms. The molecule has 1 unspecified atom stereocenters. The molecule has 108 valence electrons. The van der Waals surface area contributed by atoms with E-state index >= 15 is 0 Å². The van der Waals surface area contributed by atoms with Crippen molar-refractivity contribution in [3.05, 3.63) is 46.0 Å². The van der Waals surface area contributed by atoms with Crippen molar-refractivity contribution in [3.63, 3.8) is 0 Å². The molecule has 0 spiro atoms. The molecule has 0 fully saturated rings. The lowest BCUT2D eigenvalue weighted by atomic mass is 10.0. The molecule has 1 atom stereocenters. The minimum atomic E-state index is -0.618. The first-order chi connectivity index (χ1) is 9.58. The Bertz CT molecular complexity index is 595. The van der Waals surface area contributed by atoms with Crippen molar-refractivity contribution in [1.82, 2.24) is 14.8 Å². The van der Waals surface area contributed by atoms with Crippen LogP contribution in [0.1, 0.15) is 42.5 Å². The van der Waals surface area contributed by atoms with Gasteiger partial charge in [-0.15, -0.1) is 0 Å². The van der Waals surface area contributed by atoms with E-state index in [0.29, 0.717) is 11.4 Å². The van der Waals surface area contributed by atoms with Gasteiger partial charge < -0.3 is 5.11 Å². The van der Waals surface area contributed by atoms with E-state index in [-0.39, 0.29) is 0 Å². The largest absolute Gasteiger partial charge is 0.388 e. The van der Waals surface area contributed by atoms with Gasteiger partial charge in [0.1, 0.15) is 0 Å². The average molecular weight is 294 g/mol. The van der Waals surface area contributed by atoms with E-state index in [1.165, 1.54) is 0 Å². The lowest BCUT2D eigenvalue weighted by Gasteiger charge is -2.14. The van der Waals surface area contributed by atoms with E-state index in [9.17, 15) is 5.11 Å².